The van der Waals surface area contributed by atoms with Gasteiger partial charge in [0.25, 0.3) is 0 Å². The van der Waals surface area contributed by atoms with Crippen molar-refractivity contribution in [2.24, 2.45) is 0 Å². The maximum Gasteiger partial charge on any atom is 0.166 e. The molecule has 8 heteroatoms. The van der Waals surface area contributed by atoms with E-state index in [9.17, 15) is 14.8 Å². The number of hydrogen-bond acceptors (Lipinski definition) is 7. The van der Waals surface area contributed by atoms with Crippen molar-refractivity contribution in [2.45, 2.75) is 25.2 Å². The summed E-state index contributed by atoms with van der Waals surface area (Å²) in [5.41, 5.74) is 1.81. The van der Waals surface area contributed by atoms with E-state index in [2.05, 4.69) is 26.3 Å². The number of aromatic nitrogens is 2. The van der Waals surface area contributed by atoms with Gasteiger partial charge in [0.2, 0.25) is 0 Å². The van der Waals surface area contributed by atoms with Crippen molar-refractivity contribution in [1.82, 2.24) is 15.3 Å². The number of aliphatic hydroxyl groups excluding tert-OH is 1. The quantitative estimate of drug-likeness (QED) is 0.795. The first-order valence-corrected chi connectivity index (χ1v) is 8.61. The predicted molar refractivity (Wildman–Crippen MR) is 95.7 cm³/mol. The fourth-order valence-electron chi connectivity index (χ4n) is 3.21. The van der Waals surface area contributed by atoms with Crippen molar-refractivity contribution in [3.8, 4) is 6.07 Å². The summed E-state index contributed by atoms with van der Waals surface area (Å²) in [4.78, 5) is 10.7. The molecule has 1 aliphatic heterocycles. The van der Waals surface area contributed by atoms with Crippen molar-refractivity contribution in [2.75, 3.05) is 37.8 Å². The van der Waals surface area contributed by atoms with Crippen LogP contribution in [0, 0.1) is 11.3 Å². The number of fused-ring (bicyclic) bond motifs is 1. The molecule has 1 aliphatic rings. The Balaban J connectivity index is 1.78. The van der Waals surface area contributed by atoms with E-state index in [1.54, 1.807) is 12.4 Å². The fraction of sp³-hybridized carbons (Fsp3) is 0.500. The number of rotatable bonds is 6. The maximum absolute atomic E-state index is 12.3. The van der Waals surface area contributed by atoms with Crippen molar-refractivity contribution in [3.63, 3.8) is 0 Å². The predicted octanol–water partition coefficient (Wildman–Crippen LogP) is 1.02. The number of alkyl halides is 1. The third-order valence-corrected chi connectivity index (χ3v) is 4.33. The zero-order chi connectivity index (χ0) is 18.5. The second-order valence-corrected chi connectivity index (χ2v) is 6.44. The van der Waals surface area contributed by atoms with Gasteiger partial charge in [-0.1, -0.05) is 0 Å². The highest BCUT2D eigenvalue weighted by molar-refractivity contribution is 5.93. The van der Waals surface area contributed by atoms with Gasteiger partial charge < -0.3 is 20.1 Å². The molecular formula is C18H22FN5O2. The lowest BCUT2D eigenvalue weighted by molar-refractivity contribution is -0.0159. The molecule has 1 saturated heterocycles. The summed E-state index contributed by atoms with van der Waals surface area (Å²) in [6.45, 7) is 3.25. The van der Waals surface area contributed by atoms with Crippen molar-refractivity contribution in [1.29, 1.82) is 5.26 Å². The summed E-state index contributed by atoms with van der Waals surface area (Å²) in [7, 11) is 0. The van der Waals surface area contributed by atoms with E-state index in [4.69, 9.17) is 4.74 Å². The number of nitriles is 1. The monoisotopic (exact) mass is 359 g/mol. The molecular weight excluding hydrogens is 337 g/mol. The third-order valence-electron chi connectivity index (χ3n) is 4.33. The SMILES string of the molecule is C[C@@H]1CN(c2cnc(C#N)c3ncccc23)C[C@H](CNCC(O)CF)O1. The molecule has 2 aromatic rings. The molecule has 1 fully saturated rings. The summed E-state index contributed by atoms with van der Waals surface area (Å²) in [6.07, 6.45) is 2.26. The van der Waals surface area contributed by atoms with Gasteiger partial charge in [0.15, 0.2) is 5.69 Å². The van der Waals surface area contributed by atoms with Crippen LogP contribution in [0.1, 0.15) is 12.6 Å². The standard InChI is InChI=1S/C18H22FN5O2/c1-12-10-24(11-14(26-12)8-21-7-13(25)5-19)17-9-23-16(6-20)18-15(17)3-2-4-22-18/h2-4,9,12-14,21,25H,5,7-8,10-11H2,1H3/t12-,13?,14+/m1/s1. The van der Waals surface area contributed by atoms with E-state index in [1.807, 2.05) is 19.1 Å². The molecule has 0 saturated carbocycles. The van der Waals surface area contributed by atoms with Crippen LogP contribution < -0.4 is 10.2 Å². The van der Waals surface area contributed by atoms with Gasteiger partial charge in [-0.15, -0.1) is 0 Å². The van der Waals surface area contributed by atoms with Crippen LogP contribution in [-0.4, -0.2) is 66.2 Å². The maximum atomic E-state index is 12.3. The van der Waals surface area contributed by atoms with E-state index in [1.165, 1.54) is 0 Å². The first-order valence-electron chi connectivity index (χ1n) is 8.61. The molecule has 0 amide bonds. The van der Waals surface area contributed by atoms with Crippen LogP contribution in [-0.2, 0) is 4.74 Å². The van der Waals surface area contributed by atoms with Crippen LogP contribution in [0.15, 0.2) is 24.5 Å². The Morgan fingerprint density at radius 2 is 2.35 bits per heavy atom. The molecule has 3 heterocycles. The normalized spacial score (nSPS) is 21.5. The smallest absolute Gasteiger partial charge is 0.166 e. The van der Waals surface area contributed by atoms with Gasteiger partial charge in [-0.05, 0) is 19.1 Å². The van der Waals surface area contributed by atoms with Gasteiger partial charge in [-0.2, -0.15) is 5.26 Å². The number of nitrogens with zero attached hydrogens (tertiary/aromatic N) is 4. The van der Waals surface area contributed by atoms with E-state index in [0.29, 0.717) is 30.8 Å². The molecule has 0 radical (unpaired) electrons. The van der Waals surface area contributed by atoms with Crippen LogP contribution in [0.3, 0.4) is 0 Å². The second kappa shape index (κ2) is 8.36. The lowest BCUT2D eigenvalue weighted by Crippen LogP contribution is -2.50. The molecule has 0 bridgehead atoms. The van der Waals surface area contributed by atoms with Gasteiger partial charge >= 0.3 is 0 Å². The Bertz CT molecular complexity index is 797. The minimum absolute atomic E-state index is 0.00372. The van der Waals surface area contributed by atoms with Crippen LogP contribution in [0.4, 0.5) is 10.1 Å². The minimum atomic E-state index is -0.995. The number of hydrogen-bond donors (Lipinski definition) is 2. The second-order valence-electron chi connectivity index (χ2n) is 6.44. The molecule has 2 aromatic heterocycles. The average Bonchev–Trinajstić information content (AvgIpc) is 2.66. The van der Waals surface area contributed by atoms with Gasteiger partial charge in [0.1, 0.15) is 18.3 Å². The molecule has 26 heavy (non-hydrogen) atoms. The summed E-state index contributed by atoms with van der Waals surface area (Å²) in [5, 5.41) is 22.5. The Labute approximate surface area is 151 Å². The molecule has 0 spiro atoms. The van der Waals surface area contributed by atoms with Crippen molar-refractivity contribution >= 4 is 16.6 Å². The minimum Gasteiger partial charge on any atom is -0.389 e. The van der Waals surface area contributed by atoms with Gasteiger partial charge in [0, 0.05) is 37.8 Å². The number of halogens is 1. The highest BCUT2D eigenvalue weighted by Gasteiger charge is 2.27. The molecule has 7 nitrogen and oxygen atoms in total. The van der Waals surface area contributed by atoms with Crippen molar-refractivity contribution in [3.05, 3.63) is 30.2 Å². The molecule has 2 N–H and O–H groups in total. The zero-order valence-electron chi connectivity index (χ0n) is 14.6. The van der Waals surface area contributed by atoms with Crippen LogP contribution in [0.25, 0.3) is 10.9 Å². The van der Waals surface area contributed by atoms with E-state index in [0.717, 1.165) is 11.1 Å². The van der Waals surface area contributed by atoms with Crippen LogP contribution in [0.2, 0.25) is 0 Å². The highest BCUT2D eigenvalue weighted by atomic mass is 19.1. The van der Waals surface area contributed by atoms with Crippen LogP contribution >= 0.6 is 0 Å². The molecule has 138 valence electrons. The first-order chi connectivity index (χ1) is 12.6. The summed E-state index contributed by atoms with van der Waals surface area (Å²) >= 11 is 0. The molecule has 1 unspecified atom stereocenters. The largest absolute Gasteiger partial charge is 0.389 e. The van der Waals surface area contributed by atoms with Crippen molar-refractivity contribution < 1.29 is 14.2 Å². The number of anilines is 1. The number of nitrogens with one attached hydrogen (secondary N) is 1. The first kappa shape index (κ1) is 18.5. The molecule has 3 rings (SSSR count). The van der Waals surface area contributed by atoms with E-state index >= 15 is 0 Å². The highest BCUT2D eigenvalue weighted by Crippen LogP contribution is 2.28. The topological polar surface area (TPSA) is 94.3 Å². The Morgan fingerprint density at radius 3 is 3.12 bits per heavy atom. The molecule has 3 atom stereocenters. The van der Waals surface area contributed by atoms with Gasteiger partial charge in [-0.3, -0.25) is 4.98 Å². The number of pyridine rings is 2. The number of morpholine rings is 1. The Morgan fingerprint density at radius 1 is 1.50 bits per heavy atom. The fourth-order valence-corrected chi connectivity index (χ4v) is 3.21. The third kappa shape index (κ3) is 4.07. The van der Waals surface area contributed by atoms with Crippen LogP contribution in [0.5, 0.6) is 0 Å². The number of aliphatic hydroxyl groups is 1. The average molecular weight is 359 g/mol. The number of ether oxygens (including phenoxy) is 1. The lowest BCUT2D eigenvalue weighted by Gasteiger charge is -2.38. The van der Waals surface area contributed by atoms with Gasteiger partial charge in [-0.25, -0.2) is 9.37 Å². The Hall–Kier alpha value is -2.34. The molecule has 0 aromatic carbocycles. The summed E-state index contributed by atoms with van der Waals surface area (Å²) in [5.74, 6) is 0. The Kier molecular flexibility index (Phi) is 5.93. The van der Waals surface area contributed by atoms with E-state index in [-0.39, 0.29) is 18.8 Å². The summed E-state index contributed by atoms with van der Waals surface area (Å²) in [6, 6.07) is 5.86. The molecule has 0 aliphatic carbocycles. The lowest BCUT2D eigenvalue weighted by atomic mass is 10.1. The van der Waals surface area contributed by atoms with Gasteiger partial charge in [0.05, 0.1) is 30.2 Å². The summed E-state index contributed by atoms with van der Waals surface area (Å²) < 4.78 is 18.3. The zero-order valence-corrected chi connectivity index (χ0v) is 14.6. The van der Waals surface area contributed by atoms with E-state index < -0.39 is 12.8 Å².